The number of benzene rings is 2. The van der Waals surface area contributed by atoms with E-state index in [1.54, 1.807) is 12.1 Å². The van der Waals surface area contributed by atoms with Crippen LogP contribution in [0.5, 0.6) is 0 Å². The Hall–Kier alpha value is -3.48. The highest BCUT2D eigenvalue weighted by Gasteiger charge is 2.10. The predicted molar refractivity (Wildman–Crippen MR) is 92.1 cm³/mol. The summed E-state index contributed by atoms with van der Waals surface area (Å²) in [4.78, 5) is 10.6. The third kappa shape index (κ3) is 3.89. The number of aryl methyl sites for hydroxylation is 1. The molecule has 0 saturated heterocycles. The number of carboxylic acids is 1. The minimum absolute atomic E-state index is 0.0389. The molecule has 0 bridgehead atoms. The smallest absolute Gasteiger partial charge is 0.303 e. The van der Waals surface area contributed by atoms with E-state index in [1.165, 1.54) is 0 Å². The quantitative estimate of drug-likeness (QED) is 0.469. The number of carbonyl (C=O) groups is 1. The van der Waals surface area contributed by atoms with Crippen LogP contribution in [0.4, 0.5) is 0 Å². The van der Waals surface area contributed by atoms with E-state index in [0.29, 0.717) is 17.3 Å². The highest BCUT2D eigenvalue weighted by molar-refractivity contribution is 5.95. The molecule has 126 valence electrons. The van der Waals surface area contributed by atoms with Gasteiger partial charge in [0.25, 0.3) is 0 Å². The van der Waals surface area contributed by atoms with Crippen LogP contribution in [0.15, 0.2) is 52.9 Å². The number of nitrogens with zero attached hydrogens (tertiary/aromatic N) is 2. The summed E-state index contributed by atoms with van der Waals surface area (Å²) in [6.07, 6.45) is 0.166. The number of carboxylic acid groups (broad SMARTS) is 1. The lowest BCUT2D eigenvalue weighted by molar-refractivity contribution is -0.137. The Kier molecular flexibility index (Phi) is 4.56. The molecule has 0 radical (unpaired) electrons. The number of aromatic nitrogens is 2. The van der Waals surface area contributed by atoms with E-state index in [0.717, 1.165) is 16.7 Å². The first kappa shape index (κ1) is 16.4. The lowest BCUT2D eigenvalue weighted by Crippen LogP contribution is -2.10. The number of aliphatic carboxylic acids is 1. The highest BCUT2D eigenvalue weighted by Crippen LogP contribution is 2.24. The van der Waals surface area contributed by atoms with Crippen molar-refractivity contribution in [3.05, 3.63) is 60.0 Å². The summed E-state index contributed by atoms with van der Waals surface area (Å²) in [6, 6.07) is 15.0. The van der Waals surface area contributed by atoms with E-state index >= 15 is 0 Å². The summed E-state index contributed by atoms with van der Waals surface area (Å²) < 4.78 is 5.48. The fourth-order valence-corrected chi connectivity index (χ4v) is 2.33. The molecule has 0 aliphatic rings. The third-order valence-corrected chi connectivity index (χ3v) is 3.68. The Morgan fingerprint density at radius 1 is 1.00 bits per heavy atom. The van der Waals surface area contributed by atoms with Gasteiger partial charge in [-0.25, -0.2) is 0 Å². The summed E-state index contributed by atoms with van der Waals surface area (Å²) in [5, 5.41) is 23.9. The number of nitrogen functional groups attached to an aromatic ring is 1. The van der Waals surface area contributed by atoms with E-state index in [1.807, 2.05) is 36.4 Å². The fraction of sp³-hybridized carbons (Fsp3) is 0.111. The van der Waals surface area contributed by atoms with Crippen molar-refractivity contribution in [2.45, 2.75) is 12.8 Å². The Balaban J connectivity index is 1.76. The minimum atomic E-state index is -0.903. The van der Waals surface area contributed by atoms with E-state index in [9.17, 15) is 4.79 Å². The van der Waals surface area contributed by atoms with Gasteiger partial charge in [0.15, 0.2) is 0 Å². The topological polar surface area (TPSA) is 126 Å². The normalized spacial score (nSPS) is 10.6. The Morgan fingerprint density at radius 2 is 1.56 bits per heavy atom. The van der Waals surface area contributed by atoms with Gasteiger partial charge in [0.05, 0.1) is 6.42 Å². The van der Waals surface area contributed by atoms with Crippen LogP contribution in [0.2, 0.25) is 0 Å². The van der Waals surface area contributed by atoms with Crippen molar-refractivity contribution in [1.82, 2.24) is 10.2 Å². The molecule has 1 aromatic heterocycles. The zero-order valence-electron chi connectivity index (χ0n) is 13.3. The zero-order chi connectivity index (χ0) is 17.8. The molecular formula is C18H16N4O3. The number of amidine groups is 1. The van der Waals surface area contributed by atoms with Crippen LogP contribution in [-0.4, -0.2) is 27.1 Å². The van der Waals surface area contributed by atoms with Gasteiger partial charge in [-0.3, -0.25) is 10.2 Å². The lowest BCUT2D eigenvalue weighted by Gasteiger charge is -2.04. The van der Waals surface area contributed by atoms with Crippen molar-refractivity contribution in [3.63, 3.8) is 0 Å². The van der Waals surface area contributed by atoms with Crippen molar-refractivity contribution in [1.29, 1.82) is 5.41 Å². The van der Waals surface area contributed by atoms with Crippen molar-refractivity contribution >= 4 is 11.8 Å². The van der Waals surface area contributed by atoms with Gasteiger partial charge in [0.2, 0.25) is 11.8 Å². The van der Waals surface area contributed by atoms with Crippen LogP contribution in [0.25, 0.3) is 22.6 Å². The Bertz CT molecular complexity index is 899. The first-order valence-electron chi connectivity index (χ1n) is 7.62. The molecule has 0 amide bonds. The molecule has 3 rings (SSSR count). The zero-order valence-corrected chi connectivity index (χ0v) is 13.3. The minimum Gasteiger partial charge on any atom is -0.481 e. The van der Waals surface area contributed by atoms with E-state index in [-0.39, 0.29) is 18.7 Å². The van der Waals surface area contributed by atoms with Crippen LogP contribution in [0.1, 0.15) is 17.9 Å². The van der Waals surface area contributed by atoms with Crippen LogP contribution < -0.4 is 5.73 Å². The average Bonchev–Trinajstić information content (AvgIpc) is 3.09. The van der Waals surface area contributed by atoms with E-state index in [4.69, 9.17) is 20.7 Å². The van der Waals surface area contributed by atoms with Gasteiger partial charge in [-0.05, 0) is 23.3 Å². The second kappa shape index (κ2) is 6.96. The molecule has 0 unspecified atom stereocenters. The highest BCUT2D eigenvalue weighted by atomic mass is 16.4. The molecule has 0 fully saturated rings. The molecule has 0 aliphatic carbocycles. The summed E-state index contributed by atoms with van der Waals surface area (Å²) in [7, 11) is 0. The molecule has 3 aromatic rings. The first-order chi connectivity index (χ1) is 12.0. The first-order valence-corrected chi connectivity index (χ1v) is 7.62. The molecule has 0 spiro atoms. The maximum Gasteiger partial charge on any atom is 0.303 e. The van der Waals surface area contributed by atoms with Crippen LogP contribution in [0, 0.1) is 5.41 Å². The maximum atomic E-state index is 10.6. The number of nitrogens with one attached hydrogen (secondary N) is 1. The number of nitrogens with two attached hydrogens (primary N) is 1. The molecule has 0 atom stereocenters. The SMILES string of the molecule is N=C(N)c1ccc(-c2ccc(-c3nnc(CCC(=O)O)o3)cc2)cc1. The van der Waals surface area contributed by atoms with E-state index < -0.39 is 5.97 Å². The summed E-state index contributed by atoms with van der Waals surface area (Å²) in [6.45, 7) is 0. The molecule has 7 heteroatoms. The van der Waals surface area contributed by atoms with Crippen molar-refractivity contribution in [2.75, 3.05) is 0 Å². The van der Waals surface area contributed by atoms with Gasteiger partial charge in [-0.15, -0.1) is 10.2 Å². The standard InChI is InChI=1S/C18H16N4O3/c19-17(20)13-5-1-11(2-6-13)12-3-7-14(8-4-12)18-22-21-15(25-18)9-10-16(23)24/h1-8H,9-10H2,(H3,19,20)(H,23,24). The van der Waals surface area contributed by atoms with Gasteiger partial charge in [-0.1, -0.05) is 36.4 Å². The van der Waals surface area contributed by atoms with Crippen molar-refractivity contribution < 1.29 is 14.3 Å². The molecule has 25 heavy (non-hydrogen) atoms. The second-order valence-electron chi connectivity index (χ2n) is 5.46. The van der Waals surface area contributed by atoms with Crippen molar-refractivity contribution in [2.24, 2.45) is 5.73 Å². The molecule has 1 heterocycles. The van der Waals surface area contributed by atoms with Gasteiger partial charge in [0, 0.05) is 17.5 Å². The molecule has 0 aliphatic heterocycles. The molecule has 4 N–H and O–H groups in total. The van der Waals surface area contributed by atoms with Crippen LogP contribution in [-0.2, 0) is 11.2 Å². The number of hydrogen-bond donors (Lipinski definition) is 3. The molecule has 7 nitrogen and oxygen atoms in total. The Labute approximate surface area is 143 Å². The van der Waals surface area contributed by atoms with Crippen LogP contribution in [0.3, 0.4) is 0 Å². The second-order valence-corrected chi connectivity index (χ2v) is 5.46. The summed E-state index contributed by atoms with van der Waals surface area (Å²) >= 11 is 0. The van der Waals surface area contributed by atoms with Gasteiger partial charge < -0.3 is 15.3 Å². The number of rotatable bonds is 6. The van der Waals surface area contributed by atoms with Crippen molar-refractivity contribution in [3.8, 4) is 22.6 Å². The van der Waals surface area contributed by atoms with Gasteiger partial charge in [0.1, 0.15) is 5.84 Å². The summed E-state index contributed by atoms with van der Waals surface area (Å²) in [5.74, 6) is -0.197. The van der Waals surface area contributed by atoms with Crippen LogP contribution >= 0.6 is 0 Å². The monoisotopic (exact) mass is 336 g/mol. The third-order valence-electron chi connectivity index (χ3n) is 3.68. The van der Waals surface area contributed by atoms with E-state index in [2.05, 4.69) is 10.2 Å². The Morgan fingerprint density at radius 3 is 2.12 bits per heavy atom. The molecule has 2 aromatic carbocycles. The fourth-order valence-electron chi connectivity index (χ4n) is 2.33. The molecular weight excluding hydrogens is 320 g/mol. The average molecular weight is 336 g/mol. The van der Waals surface area contributed by atoms with Gasteiger partial charge >= 0.3 is 5.97 Å². The molecule has 0 saturated carbocycles. The maximum absolute atomic E-state index is 10.6. The van der Waals surface area contributed by atoms with Gasteiger partial charge in [-0.2, -0.15) is 0 Å². The lowest BCUT2D eigenvalue weighted by atomic mass is 10.0. The number of hydrogen-bond acceptors (Lipinski definition) is 5. The summed E-state index contributed by atoms with van der Waals surface area (Å²) in [5.41, 5.74) is 8.91. The predicted octanol–water partition coefficient (Wildman–Crippen LogP) is 2.70. The largest absolute Gasteiger partial charge is 0.481 e.